The van der Waals surface area contributed by atoms with Gasteiger partial charge in [-0.25, -0.2) is 9.37 Å². The van der Waals surface area contributed by atoms with Gasteiger partial charge in [-0.1, -0.05) is 42.5 Å². The number of thiazole rings is 1. The molecule has 1 unspecified atom stereocenters. The number of aliphatic hydroxyl groups excluding tert-OH is 1. The van der Waals surface area contributed by atoms with Crippen LogP contribution < -0.4 is 10.9 Å². The van der Waals surface area contributed by atoms with Gasteiger partial charge < -0.3 is 10.4 Å². The van der Waals surface area contributed by atoms with Gasteiger partial charge in [0.15, 0.2) is 4.96 Å². The van der Waals surface area contributed by atoms with Crippen LogP contribution in [0.2, 0.25) is 0 Å². The molecule has 1 amide bonds. The summed E-state index contributed by atoms with van der Waals surface area (Å²) >= 11 is 1.30. The lowest BCUT2D eigenvalue weighted by Crippen LogP contribution is -2.35. The maximum atomic E-state index is 13.5. The average Bonchev–Trinajstić information content (AvgIpc) is 3.18. The smallest absolute Gasteiger partial charge is 0.271 e. The fourth-order valence-electron chi connectivity index (χ4n) is 3.05. The van der Waals surface area contributed by atoms with Crippen LogP contribution in [-0.4, -0.2) is 27.0 Å². The molecule has 0 saturated carbocycles. The molecular formula is C21H16FN3O3S. The lowest BCUT2D eigenvalue weighted by atomic mass is 10.1. The van der Waals surface area contributed by atoms with Crippen molar-refractivity contribution in [3.8, 4) is 11.3 Å². The number of hydrogen-bond donors (Lipinski definition) is 2. The van der Waals surface area contributed by atoms with Gasteiger partial charge >= 0.3 is 0 Å². The number of amides is 1. The number of nitrogens with zero attached hydrogens (tertiary/aromatic N) is 2. The first-order valence-corrected chi connectivity index (χ1v) is 9.68. The van der Waals surface area contributed by atoms with E-state index in [-0.39, 0.29) is 5.56 Å². The molecule has 2 heterocycles. The van der Waals surface area contributed by atoms with Crippen molar-refractivity contribution in [2.24, 2.45) is 0 Å². The fraction of sp³-hybridized carbons (Fsp3) is 0.0952. The highest BCUT2D eigenvalue weighted by Gasteiger charge is 2.20. The second kappa shape index (κ2) is 7.94. The summed E-state index contributed by atoms with van der Waals surface area (Å²) in [4.78, 5) is 30.5. The van der Waals surface area contributed by atoms with E-state index in [9.17, 15) is 19.1 Å². The SMILES string of the molecule is O=C(NC(CO)c1cccc(F)c1)c1cnc2scc(-c3ccccc3)n2c1=O. The Labute approximate surface area is 168 Å². The Balaban J connectivity index is 1.71. The molecule has 0 saturated heterocycles. The van der Waals surface area contributed by atoms with Gasteiger partial charge in [0, 0.05) is 11.6 Å². The Morgan fingerprint density at radius 3 is 2.72 bits per heavy atom. The third-order valence-corrected chi connectivity index (χ3v) is 5.34. The molecule has 4 aromatic rings. The van der Waals surface area contributed by atoms with E-state index in [4.69, 9.17) is 0 Å². The summed E-state index contributed by atoms with van der Waals surface area (Å²) in [7, 11) is 0. The average molecular weight is 409 g/mol. The quantitative estimate of drug-likeness (QED) is 0.531. The molecule has 0 spiro atoms. The summed E-state index contributed by atoms with van der Waals surface area (Å²) in [6.07, 6.45) is 1.22. The minimum atomic E-state index is -0.852. The molecule has 146 valence electrons. The zero-order chi connectivity index (χ0) is 20.4. The normalized spacial score (nSPS) is 12.1. The monoisotopic (exact) mass is 409 g/mol. The Hall–Kier alpha value is -3.36. The van der Waals surface area contributed by atoms with Gasteiger partial charge in [0.2, 0.25) is 0 Å². The molecule has 4 rings (SSSR count). The Bertz CT molecular complexity index is 1240. The maximum Gasteiger partial charge on any atom is 0.271 e. The number of aromatic nitrogens is 2. The molecule has 2 aromatic heterocycles. The zero-order valence-electron chi connectivity index (χ0n) is 15.1. The number of hydrogen-bond acceptors (Lipinski definition) is 5. The lowest BCUT2D eigenvalue weighted by molar-refractivity contribution is 0.0914. The summed E-state index contributed by atoms with van der Waals surface area (Å²) in [5.41, 5.74) is 1.20. The fourth-order valence-corrected chi connectivity index (χ4v) is 3.91. The number of fused-ring (bicyclic) bond motifs is 1. The van der Waals surface area contributed by atoms with E-state index < -0.39 is 29.9 Å². The van der Waals surface area contributed by atoms with Crippen molar-refractivity contribution in [3.05, 3.63) is 93.5 Å². The Morgan fingerprint density at radius 1 is 1.21 bits per heavy atom. The molecule has 8 heteroatoms. The summed E-state index contributed by atoms with van der Waals surface area (Å²) in [5.74, 6) is -1.17. The van der Waals surface area contributed by atoms with Crippen LogP contribution in [0, 0.1) is 5.82 Å². The van der Waals surface area contributed by atoms with Crippen molar-refractivity contribution in [1.29, 1.82) is 0 Å². The Kier molecular flexibility index (Phi) is 5.20. The van der Waals surface area contributed by atoms with E-state index in [1.165, 1.54) is 40.1 Å². The van der Waals surface area contributed by atoms with Gasteiger partial charge in [-0.05, 0) is 23.3 Å². The van der Waals surface area contributed by atoms with Crippen molar-refractivity contribution < 1.29 is 14.3 Å². The van der Waals surface area contributed by atoms with E-state index in [1.807, 2.05) is 35.7 Å². The highest BCUT2D eigenvalue weighted by Crippen LogP contribution is 2.23. The second-order valence-electron chi connectivity index (χ2n) is 6.35. The summed E-state index contributed by atoms with van der Waals surface area (Å²) in [6, 6.07) is 14.0. The Morgan fingerprint density at radius 2 is 2.00 bits per heavy atom. The van der Waals surface area contributed by atoms with E-state index in [1.54, 1.807) is 6.07 Å². The van der Waals surface area contributed by atoms with Crippen LogP contribution in [0.4, 0.5) is 4.39 Å². The number of rotatable bonds is 5. The molecular weight excluding hydrogens is 393 g/mol. The minimum absolute atomic E-state index is 0.159. The molecule has 0 aliphatic carbocycles. The van der Waals surface area contributed by atoms with Gasteiger partial charge in [0.25, 0.3) is 11.5 Å². The second-order valence-corrected chi connectivity index (χ2v) is 7.18. The molecule has 29 heavy (non-hydrogen) atoms. The van der Waals surface area contributed by atoms with Gasteiger partial charge in [-0.3, -0.25) is 14.0 Å². The zero-order valence-corrected chi connectivity index (χ0v) is 15.9. The molecule has 0 aliphatic rings. The summed E-state index contributed by atoms with van der Waals surface area (Å²) < 4.78 is 14.9. The number of benzene rings is 2. The van der Waals surface area contributed by atoms with Crippen LogP contribution in [-0.2, 0) is 0 Å². The number of carbonyl (C=O) groups excluding carboxylic acids is 1. The van der Waals surface area contributed by atoms with Crippen LogP contribution in [0.5, 0.6) is 0 Å². The van der Waals surface area contributed by atoms with Crippen LogP contribution in [0.15, 0.2) is 71.0 Å². The van der Waals surface area contributed by atoms with E-state index in [2.05, 4.69) is 10.3 Å². The maximum absolute atomic E-state index is 13.5. The predicted octanol–water partition coefficient (Wildman–Crippen LogP) is 3.03. The van der Waals surface area contributed by atoms with Crippen molar-refractivity contribution in [2.45, 2.75) is 6.04 Å². The molecule has 1 atom stereocenters. The molecule has 0 bridgehead atoms. The van der Waals surface area contributed by atoms with Crippen molar-refractivity contribution in [2.75, 3.05) is 6.61 Å². The van der Waals surface area contributed by atoms with E-state index >= 15 is 0 Å². The lowest BCUT2D eigenvalue weighted by Gasteiger charge is -2.16. The van der Waals surface area contributed by atoms with Gasteiger partial charge in [-0.15, -0.1) is 11.3 Å². The minimum Gasteiger partial charge on any atom is -0.394 e. The first-order valence-electron chi connectivity index (χ1n) is 8.80. The van der Waals surface area contributed by atoms with Gasteiger partial charge in [-0.2, -0.15) is 0 Å². The highest BCUT2D eigenvalue weighted by atomic mass is 32.1. The van der Waals surface area contributed by atoms with Gasteiger partial charge in [0.05, 0.1) is 18.3 Å². The highest BCUT2D eigenvalue weighted by molar-refractivity contribution is 7.15. The first-order chi connectivity index (χ1) is 14.1. The molecule has 2 aromatic carbocycles. The van der Waals surface area contributed by atoms with E-state index in [0.717, 1.165) is 5.56 Å². The number of nitrogens with one attached hydrogen (secondary N) is 1. The first kappa shape index (κ1) is 19.0. The van der Waals surface area contributed by atoms with Crippen molar-refractivity contribution in [1.82, 2.24) is 14.7 Å². The molecule has 6 nitrogen and oxygen atoms in total. The van der Waals surface area contributed by atoms with Crippen LogP contribution in [0.1, 0.15) is 22.0 Å². The molecule has 0 aliphatic heterocycles. The summed E-state index contributed by atoms with van der Waals surface area (Å²) in [6.45, 7) is -0.445. The molecule has 0 radical (unpaired) electrons. The van der Waals surface area contributed by atoms with Crippen molar-refractivity contribution in [3.63, 3.8) is 0 Å². The topological polar surface area (TPSA) is 83.7 Å². The summed E-state index contributed by atoms with van der Waals surface area (Å²) in [5, 5.41) is 14.0. The number of halogens is 1. The number of carbonyl (C=O) groups is 1. The third-order valence-electron chi connectivity index (χ3n) is 4.50. The van der Waals surface area contributed by atoms with Crippen LogP contribution in [0.3, 0.4) is 0 Å². The molecule has 2 N–H and O–H groups in total. The third kappa shape index (κ3) is 3.67. The van der Waals surface area contributed by atoms with Crippen LogP contribution >= 0.6 is 11.3 Å². The van der Waals surface area contributed by atoms with Crippen molar-refractivity contribution >= 4 is 22.2 Å². The van der Waals surface area contributed by atoms with Gasteiger partial charge in [0.1, 0.15) is 11.4 Å². The predicted molar refractivity (Wildman–Crippen MR) is 108 cm³/mol. The molecule has 0 fully saturated rings. The number of aliphatic hydroxyl groups is 1. The standard InChI is InChI=1S/C21H16FN3O3S/c22-15-8-4-7-14(9-15)17(11-26)24-19(27)16-10-23-21-25(20(16)28)18(12-29-21)13-5-2-1-3-6-13/h1-10,12,17,26H,11H2,(H,24,27). The largest absolute Gasteiger partial charge is 0.394 e. The van der Waals surface area contributed by atoms with E-state index in [0.29, 0.717) is 16.2 Å². The van der Waals surface area contributed by atoms with Crippen LogP contribution in [0.25, 0.3) is 16.2 Å².